The summed E-state index contributed by atoms with van der Waals surface area (Å²) >= 11 is 3.25. The standard InChI is InChI=1S/C12H9BrF3NO2/c1-19-11(18)10-5-7-8(13)3-2-4-9(7)17(10)6-12(14,15)16/h2-5H,6H2,1H3. The van der Waals surface area contributed by atoms with Crippen molar-refractivity contribution in [1.82, 2.24) is 4.57 Å². The van der Waals surface area contributed by atoms with Crippen LogP contribution < -0.4 is 0 Å². The van der Waals surface area contributed by atoms with Gasteiger partial charge in [0.15, 0.2) is 0 Å². The minimum absolute atomic E-state index is 0.123. The van der Waals surface area contributed by atoms with Gasteiger partial charge in [-0.2, -0.15) is 13.2 Å². The zero-order valence-electron chi connectivity index (χ0n) is 9.79. The minimum atomic E-state index is -4.42. The molecule has 1 aromatic carbocycles. The maximum Gasteiger partial charge on any atom is 0.406 e. The van der Waals surface area contributed by atoms with Gasteiger partial charge in [-0.1, -0.05) is 22.0 Å². The Morgan fingerprint density at radius 1 is 1.42 bits per heavy atom. The summed E-state index contributed by atoms with van der Waals surface area (Å²) in [6, 6.07) is 6.22. The van der Waals surface area contributed by atoms with E-state index in [1.54, 1.807) is 12.1 Å². The summed E-state index contributed by atoms with van der Waals surface area (Å²) in [4.78, 5) is 11.6. The number of alkyl halides is 3. The summed E-state index contributed by atoms with van der Waals surface area (Å²) < 4.78 is 43.9. The van der Waals surface area contributed by atoms with Crippen molar-refractivity contribution in [3.8, 4) is 0 Å². The first-order valence-electron chi connectivity index (χ1n) is 5.26. The van der Waals surface area contributed by atoms with Crippen LogP contribution in [0.5, 0.6) is 0 Å². The lowest BCUT2D eigenvalue weighted by molar-refractivity contribution is -0.140. The van der Waals surface area contributed by atoms with Crippen molar-refractivity contribution in [3.63, 3.8) is 0 Å². The molecule has 0 unspecified atom stereocenters. The first kappa shape index (κ1) is 13.9. The maximum absolute atomic E-state index is 12.6. The molecule has 0 bridgehead atoms. The zero-order chi connectivity index (χ0) is 14.2. The molecule has 0 N–H and O–H groups in total. The third-order valence-corrected chi connectivity index (χ3v) is 3.32. The van der Waals surface area contributed by atoms with Crippen LogP contribution in [0, 0.1) is 0 Å². The Labute approximate surface area is 115 Å². The molecule has 1 heterocycles. The monoisotopic (exact) mass is 335 g/mol. The zero-order valence-corrected chi connectivity index (χ0v) is 11.4. The number of ether oxygens (including phenoxy) is 1. The Hall–Kier alpha value is -1.50. The number of methoxy groups -OCH3 is 1. The van der Waals surface area contributed by atoms with Gasteiger partial charge in [0, 0.05) is 9.86 Å². The quantitative estimate of drug-likeness (QED) is 0.782. The number of hydrogen-bond acceptors (Lipinski definition) is 2. The number of carbonyl (C=O) groups excluding carboxylic acids is 1. The summed E-state index contributed by atoms with van der Waals surface area (Å²) in [6.45, 7) is -1.24. The molecule has 0 aliphatic rings. The number of aromatic nitrogens is 1. The van der Waals surface area contributed by atoms with Crippen LogP contribution in [-0.2, 0) is 11.3 Å². The van der Waals surface area contributed by atoms with Crippen LogP contribution >= 0.6 is 15.9 Å². The fraction of sp³-hybridized carbons (Fsp3) is 0.250. The molecule has 7 heteroatoms. The molecule has 19 heavy (non-hydrogen) atoms. The highest BCUT2D eigenvalue weighted by Crippen LogP contribution is 2.30. The summed E-state index contributed by atoms with van der Waals surface area (Å²) in [6.07, 6.45) is -4.42. The topological polar surface area (TPSA) is 31.2 Å². The molecule has 0 fully saturated rings. The number of benzene rings is 1. The fourth-order valence-corrected chi connectivity index (χ4v) is 2.34. The van der Waals surface area contributed by atoms with Gasteiger partial charge in [-0.15, -0.1) is 0 Å². The van der Waals surface area contributed by atoms with Gasteiger partial charge in [0.1, 0.15) is 12.2 Å². The van der Waals surface area contributed by atoms with Crippen LogP contribution in [0.3, 0.4) is 0 Å². The highest BCUT2D eigenvalue weighted by atomic mass is 79.9. The molecule has 2 aromatic rings. The van der Waals surface area contributed by atoms with E-state index in [-0.39, 0.29) is 5.69 Å². The molecule has 0 aliphatic carbocycles. The normalized spacial score (nSPS) is 11.8. The first-order chi connectivity index (χ1) is 8.83. The van der Waals surface area contributed by atoms with E-state index < -0.39 is 18.7 Å². The number of halogens is 4. The molecule has 0 atom stereocenters. The summed E-state index contributed by atoms with van der Waals surface area (Å²) in [5.74, 6) is -0.799. The van der Waals surface area contributed by atoms with Crippen molar-refractivity contribution in [1.29, 1.82) is 0 Å². The van der Waals surface area contributed by atoms with Gasteiger partial charge >= 0.3 is 12.1 Å². The third kappa shape index (κ3) is 2.75. The number of carbonyl (C=O) groups is 1. The number of hydrogen-bond donors (Lipinski definition) is 0. The van der Waals surface area contributed by atoms with Crippen molar-refractivity contribution < 1.29 is 22.7 Å². The second-order valence-electron chi connectivity index (χ2n) is 3.90. The van der Waals surface area contributed by atoms with Crippen LogP contribution in [0.1, 0.15) is 10.5 Å². The molecule has 1 aromatic heterocycles. The molecule has 0 amide bonds. The molecule has 2 rings (SSSR count). The van der Waals surface area contributed by atoms with E-state index in [2.05, 4.69) is 20.7 Å². The number of nitrogens with zero attached hydrogens (tertiary/aromatic N) is 1. The highest BCUT2D eigenvalue weighted by molar-refractivity contribution is 9.10. The van der Waals surface area contributed by atoms with Gasteiger partial charge in [0.05, 0.1) is 12.6 Å². The molecular formula is C12H9BrF3NO2. The predicted octanol–water partition coefficient (Wildman–Crippen LogP) is 3.75. The minimum Gasteiger partial charge on any atom is -0.464 e. The summed E-state index contributed by atoms with van der Waals surface area (Å²) in [5, 5.41) is 0.534. The Bertz CT molecular complexity index is 634. The van der Waals surface area contributed by atoms with Gasteiger partial charge in [-0.05, 0) is 18.2 Å². The Morgan fingerprint density at radius 3 is 2.68 bits per heavy atom. The molecule has 0 radical (unpaired) electrons. The molecular weight excluding hydrogens is 327 g/mol. The van der Waals surface area contributed by atoms with E-state index in [0.29, 0.717) is 15.4 Å². The van der Waals surface area contributed by atoms with Crippen molar-refractivity contribution >= 4 is 32.8 Å². The molecule has 0 saturated carbocycles. The Balaban J connectivity index is 2.69. The predicted molar refractivity (Wildman–Crippen MR) is 67.0 cm³/mol. The largest absolute Gasteiger partial charge is 0.464 e. The molecule has 3 nitrogen and oxygen atoms in total. The number of fused-ring (bicyclic) bond motifs is 1. The van der Waals surface area contributed by atoms with E-state index in [1.807, 2.05) is 0 Å². The Morgan fingerprint density at radius 2 is 2.11 bits per heavy atom. The highest BCUT2D eigenvalue weighted by Gasteiger charge is 2.31. The lowest BCUT2D eigenvalue weighted by atomic mass is 10.2. The summed E-state index contributed by atoms with van der Waals surface area (Å²) in [5.41, 5.74) is 0.203. The van der Waals surface area contributed by atoms with Gasteiger partial charge < -0.3 is 9.30 Å². The van der Waals surface area contributed by atoms with E-state index in [0.717, 1.165) is 11.7 Å². The van der Waals surface area contributed by atoms with E-state index in [4.69, 9.17) is 0 Å². The van der Waals surface area contributed by atoms with Crippen LogP contribution in [0.25, 0.3) is 10.9 Å². The van der Waals surface area contributed by atoms with Gasteiger partial charge in [-0.25, -0.2) is 4.79 Å². The Kier molecular flexibility index (Phi) is 3.58. The first-order valence-corrected chi connectivity index (χ1v) is 6.05. The van der Waals surface area contributed by atoms with Gasteiger partial charge in [0.25, 0.3) is 0 Å². The van der Waals surface area contributed by atoms with Crippen molar-refractivity contribution in [3.05, 3.63) is 34.4 Å². The van der Waals surface area contributed by atoms with E-state index >= 15 is 0 Å². The number of rotatable bonds is 2. The summed E-state index contributed by atoms with van der Waals surface area (Å²) in [7, 11) is 1.13. The smallest absolute Gasteiger partial charge is 0.406 e. The van der Waals surface area contributed by atoms with Gasteiger partial charge in [-0.3, -0.25) is 0 Å². The van der Waals surface area contributed by atoms with Crippen molar-refractivity contribution in [2.24, 2.45) is 0 Å². The number of esters is 1. The van der Waals surface area contributed by atoms with Crippen LogP contribution in [-0.4, -0.2) is 23.8 Å². The molecule has 0 saturated heterocycles. The van der Waals surface area contributed by atoms with Gasteiger partial charge in [0.2, 0.25) is 0 Å². The van der Waals surface area contributed by atoms with Crippen LogP contribution in [0.4, 0.5) is 13.2 Å². The lowest BCUT2D eigenvalue weighted by Gasteiger charge is -2.12. The second-order valence-corrected chi connectivity index (χ2v) is 4.75. The average molecular weight is 336 g/mol. The van der Waals surface area contributed by atoms with Crippen LogP contribution in [0.15, 0.2) is 28.7 Å². The fourth-order valence-electron chi connectivity index (χ4n) is 1.87. The van der Waals surface area contributed by atoms with E-state index in [9.17, 15) is 18.0 Å². The second kappa shape index (κ2) is 4.88. The van der Waals surface area contributed by atoms with E-state index in [1.165, 1.54) is 12.1 Å². The average Bonchev–Trinajstić information content (AvgIpc) is 2.67. The van der Waals surface area contributed by atoms with Crippen molar-refractivity contribution in [2.45, 2.75) is 12.7 Å². The lowest BCUT2D eigenvalue weighted by Crippen LogP contribution is -2.21. The third-order valence-electron chi connectivity index (χ3n) is 2.62. The molecule has 0 aliphatic heterocycles. The molecule has 0 spiro atoms. The maximum atomic E-state index is 12.6. The van der Waals surface area contributed by atoms with Crippen molar-refractivity contribution in [2.75, 3.05) is 7.11 Å². The van der Waals surface area contributed by atoms with Crippen LogP contribution in [0.2, 0.25) is 0 Å². The SMILES string of the molecule is COC(=O)c1cc2c(Br)cccc2n1CC(F)(F)F. The molecule has 102 valence electrons.